The molecular formula is C14H20N6O. The molecule has 0 aliphatic carbocycles. The first-order chi connectivity index (χ1) is 10.1. The van der Waals surface area contributed by atoms with E-state index in [0.717, 1.165) is 24.2 Å². The molecule has 2 heterocycles. The molecule has 1 amide bonds. The van der Waals surface area contributed by atoms with E-state index in [1.165, 1.54) is 6.20 Å². The van der Waals surface area contributed by atoms with Gasteiger partial charge in [-0.2, -0.15) is 5.10 Å². The molecule has 0 unspecified atom stereocenters. The van der Waals surface area contributed by atoms with E-state index in [4.69, 9.17) is 0 Å². The number of amides is 1. The predicted octanol–water partition coefficient (Wildman–Crippen LogP) is 1.27. The predicted molar refractivity (Wildman–Crippen MR) is 79.9 cm³/mol. The van der Waals surface area contributed by atoms with Gasteiger partial charge in [0.2, 0.25) is 0 Å². The summed E-state index contributed by atoms with van der Waals surface area (Å²) in [5.41, 5.74) is 2.20. The molecule has 0 aliphatic heterocycles. The number of nitrogens with one attached hydrogen (secondary N) is 2. The summed E-state index contributed by atoms with van der Waals surface area (Å²) in [5.74, 6) is 0.435. The Morgan fingerprint density at radius 2 is 2.14 bits per heavy atom. The number of nitrogens with zero attached hydrogens (tertiary/aromatic N) is 4. The molecule has 2 N–H and O–H groups in total. The van der Waals surface area contributed by atoms with Gasteiger partial charge in [-0.05, 0) is 13.3 Å². The average Bonchev–Trinajstić information content (AvgIpc) is 2.81. The maximum Gasteiger partial charge on any atom is 0.271 e. The highest BCUT2D eigenvalue weighted by atomic mass is 16.1. The van der Waals surface area contributed by atoms with Crippen molar-refractivity contribution in [3.05, 3.63) is 35.5 Å². The average molecular weight is 288 g/mol. The SMILES string of the molecule is CCCNc1cnc(C(=O)NCc2cn(C)nc2C)cn1. The quantitative estimate of drug-likeness (QED) is 0.836. The second-order valence-electron chi connectivity index (χ2n) is 4.81. The van der Waals surface area contributed by atoms with Gasteiger partial charge >= 0.3 is 0 Å². The van der Waals surface area contributed by atoms with Gasteiger partial charge in [0, 0.05) is 31.9 Å². The molecule has 0 bridgehead atoms. The summed E-state index contributed by atoms with van der Waals surface area (Å²) in [6, 6.07) is 0. The molecule has 2 aromatic heterocycles. The number of hydrogen-bond donors (Lipinski definition) is 2. The summed E-state index contributed by atoms with van der Waals surface area (Å²) < 4.78 is 1.73. The van der Waals surface area contributed by atoms with Gasteiger partial charge in [-0.25, -0.2) is 9.97 Å². The summed E-state index contributed by atoms with van der Waals surface area (Å²) in [5, 5.41) is 10.2. The van der Waals surface area contributed by atoms with Crippen LogP contribution in [0, 0.1) is 6.92 Å². The molecular weight excluding hydrogens is 268 g/mol. The van der Waals surface area contributed by atoms with E-state index in [9.17, 15) is 4.79 Å². The fraction of sp³-hybridized carbons (Fsp3) is 0.429. The standard InChI is InChI=1S/C14H20N6O/c1-4-5-15-13-8-16-12(7-17-13)14(21)18-6-11-9-20(3)19-10(11)2/h7-9H,4-6H2,1-3H3,(H,15,17)(H,18,21). The van der Waals surface area contributed by atoms with Crippen molar-refractivity contribution in [2.45, 2.75) is 26.8 Å². The Morgan fingerprint density at radius 3 is 2.71 bits per heavy atom. The highest BCUT2D eigenvalue weighted by Gasteiger charge is 2.09. The van der Waals surface area contributed by atoms with E-state index >= 15 is 0 Å². The number of aryl methyl sites for hydroxylation is 2. The lowest BCUT2D eigenvalue weighted by molar-refractivity contribution is 0.0945. The molecule has 0 spiro atoms. The van der Waals surface area contributed by atoms with Crippen LogP contribution in [0.4, 0.5) is 5.82 Å². The van der Waals surface area contributed by atoms with Gasteiger partial charge in [0.25, 0.3) is 5.91 Å². The second kappa shape index (κ2) is 6.83. The summed E-state index contributed by atoms with van der Waals surface area (Å²) in [6.07, 6.45) is 5.94. The topological polar surface area (TPSA) is 84.7 Å². The molecule has 0 saturated carbocycles. The van der Waals surface area contributed by atoms with Gasteiger partial charge in [-0.1, -0.05) is 6.92 Å². The van der Waals surface area contributed by atoms with Crippen molar-refractivity contribution in [2.75, 3.05) is 11.9 Å². The van der Waals surface area contributed by atoms with Crippen molar-refractivity contribution in [1.29, 1.82) is 0 Å². The maximum absolute atomic E-state index is 12.0. The smallest absolute Gasteiger partial charge is 0.271 e. The molecule has 7 nitrogen and oxygen atoms in total. The van der Waals surface area contributed by atoms with E-state index in [-0.39, 0.29) is 5.91 Å². The lowest BCUT2D eigenvalue weighted by Crippen LogP contribution is -2.24. The van der Waals surface area contributed by atoms with Crippen LogP contribution in [-0.4, -0.2) is 32.2 Å². The zero-order valence-corrected chi connectivity index (χ0v) is 12.6. The summed E-state index contributed by atoms with van der Waals surface area (Å²) in [6.45, 7) is 5.24. The van der Waals surface area contributed by atoms with E-state index < -0.39 is 0 Å². The molecule has 0 saturated heterocycles. The largest absolute Gasteiger partial charge is 0.369 e. The van der Waals surface area contributed by atoms with Crippen LogP contribution < -0.4 is 10.6 Å². The summed E-state index contributed by atoms with van der Waals surface area (Å²) in [7, 11) is 1.85. The Labute approximate surface area is 123 Å². The van der Waals surface area contributed by atoms with E-state index in [1.807, 2.05) is 20.2 Å². The van der Waals surface area contributed by atoms with E-state index in [0.29, 0.717) is 18.1 Å². The minimum absolute atomic E-state index is 0.243. The molecule has 0 aromatic carbocycles. The van der Waals surface area contributed by atoms with E-state index in [1.54, 1.807) is 10.9 Å². The fourth-order valence-corrected chi connectivity index (χ4v) is 1.88. The second-order valence-corrected chi connectivity index (χ2v) is 4.81. The number of aromatic nitrogens is 4. The van der Waals surface area contributed by atoms with Crippen LogP contribution in [0.15, 0.2) is 18.6 Å². The summed E-state index contributed by atoms with van der Waals surface area (Å²) >= 11 is 0. The van der Waals surface area contributed by atoms with Gasteiger partial charge < -0.3 is 10.6 Å². The minimum Gasteiger partial charge on any atom is -0.369 e. The number of carbonyl (C=O) groups excluding carboxylic acids is 1. The van der Waals surface area contributed by atoms with Crippen LogP contribution >= 0.6 is 0 Å². The minimum atomic E-state index is -0.243. The lowest BCUT2D eigenvalue weighted by atomic mass is 10.2. The molecule has 0 atom stereocenters. The highest BCUT2D eigenvalue weighted by Crippen LogP contribution is 2.05. The van der Waals surface area contributed by atoms with Crippen LogP contribution in [0.3, 0.4) is 0 Å². The number of anilines is 1. The first-order valence-corrected chi connectivity index (χ1v) is 6.93. The van der Waals surface area contributed by atoms with Gasteiger partial charge in [-0.3, -0.25) is 9.48 Å². The normalized spacial score (nSPS) is 10.4. The molecule has 2 aromatic rings. The highest BCUT2D eigenvalue weighted by molar-refractivity contribution is 5.91. The first-order valence-electron chi connectivity index (χ1n) is 6.93. The first kappa shape index (κ1) is 15.0. The zero-order chi connectivity index (χ0) is 15.2. The van der Waals surface area contributed by atoms with Gasteiger partial charge in [0.15, 0.2) is 0 Å². The molecule has 0 radical (unpaired) electrons. The Morgan fingerprint density at radius 1 is 1.33 bits per heavy atom. The maximum atomic E-state index is 12.0. The molecule has 0 fully saturated rings. The van der Waals surface area contributed by atoms with Crippen LogP contribution in [-0.2, 0) is 13.6 Å². The third-order valence-corrected chi connectivity index (χ3v) is 3.00. The molecule has 21 heavy (non-hydrogen) atoms. The number of hydrogen-bond acceptors (Lipinski definition) is 5. The monoisotopic (exact) mass is 288 g/mol. The van der Waals surface area contributed by atoms with Gasteiger partial charge in [0.05, 0.1) is 18.1 Å². The van der Waals surface area contributed by atoms with Crippen LogP contribution in [0.2, 0.25) is 0 Å². The third-order valence-electron chi connectivity index (χ3n) is 3.00. The van der Waals surface area contributed by atoms with Crippen LogP contribution in [0.5, 0.6) is 0 Å². The molecule has 7 heteroatoms. The fourth-order valence-electron chi connectivity index (χ4n) is 1.88. The third kappa shape index (κ3) is 4.01. The summed E-state index contributed by atoms with van der Waals surface area (Å²) in [4.78, 5) is 20.3. The number of carbonyl (C=O) groups is 1. The van der Waals surface area contributed by atoms with Crippen LogP contribution in [0.1, 0.15) is 35.1 Å². The van der Waals surface area contributed by atoms with Crippen molar-refractivity contribution in [3.63, 3.8) is 0 Å². The van der Waals surface area contributed by atoms with Gasteiger partial charge in [0.1, 0.15) is 11.5 Å². The Bertz CT molecular complexity index is 604. The van der Waals surface area contributed by atoms with Crippen molar-refractivity contribution in [1.82, 2.24) is 25.1 Å². The zero-order valence-electron chi connectivity index (χ0n) is 12.6. The van der Waals surface area contributed by atoms with Crippen molar-refractivity contribution in [3.8, 4) is 0 Å². The van der Waals surface area contributed by atoms with Crippen molar-refractivity contribution in [2.24, 2.45) is 7.05 Å². The van der Waals surface area contributed by atoms with Crippen LogP contribution in [0.25, 0.3) is 0 Å². The lowest BCUT2D eigenvalue weighted by Gasteiger charge is -2.05. The Balaban J connectivity index is 1.92. The van der Waals surface area contributed by atoms with Crippen molar-refractivity contribution >= 4 is 11.7 Å². The molecule has 2 rings (SSSR count). The Kier molecular flexibility index (Phi) is 4.86. The van der Waals surface area contributed by atoms with Gasteiger partial charge in [-0.15, -0.1) is 0 Å². The molecule has 0 aliphatic rings. The van der Waals surface area contributed by atoms with Crippen molar-refractivity contribution < 1.29 is 4.79 Å². The van der Waals surface area contributed by atoms with E-state index in [2.05, 4.69) is 32.6 Å². The molecule has 112 valence electrons. The number of rotatable bonds is 6. The Hall–Kier alpha value is -2.44.